The largest absolute Gasteiger partial charge is 0.312 e. The van der Waals surface area contributed by atoms with Gasteiger partial charge in [-0.15, -0.1) is 0 Å². The molecule has 0 atom stereocenters. The summed E-state index contributed by atoms with van der Waals surface area (Å²) in [6.45, 7) is 5.35. The van der Waals surface area contributed by atoms with Gasteiger partial charge in [0.25, 0.3) is 0 Å². The van der Waals surface area contributed by atoms with Gasteiger partial charge in [-0.05, 0) is 49.1 Å². The number of rotatable bonds is 5. The third kappa shape index (κ3) is 3.90. The number of aryl methyl sites for hydroxylation is 2. The molecule has 0 saturated heterocycles. The zero-order valence-corrected chi connectivity index (χ0v) is 11.5. The van der Waals surface area contributed by atoms with Gasteiger partial charge in [0, 0.05) is 6.54 Å². The first-order chi connectivity index (χ1) is 9.16. The molecule has 2 heteroatoms. The Morgan fingerprint density at radius 3 is 2.21 bits per heavy atom. The van der Waals surface area contributed by atoms with E-state index in [1.54, 1.807) is 0 Å². The third-order valence-corrected chi connectivity index (χ3v) is 3.26. The number of nitrogens with one attached hydrogen (secondary N) is 1. The van der Waals surface area contributed by atoms with Gasteiger partial charge in [-0.1, -0.05) is 42.5 Å². The van der Waals surface area contributed by atoms with Crippen LogP contribution in [0.5, 0.6) is 0 Å². The minimum absolute atomic E-state index is 0.0898. The molecule has 1 N–H and O–H groups in total. The quantitative estimate of drug-likeness (QED) is 0.804. The molecular formula is C17H20FN. The van der Waals surface area contributed by atoms with Crippen molar-refractivity contribution in [2.45, 2.75) is 26.8 Å². The molecule has 2 aromatic rings. The molecule has 0 aromatic heterocycles. The van der Waals surface area contributed by atoms with Gasteiger partial charge in [-0.3, -0.25) is 0 Å². The SMILES string of the molecule is Cc1cc(CNCCc2ccccc2)cc(C)c1F. The summed E-state index contributed by atoms with van der Waals surface area (Å²) in [4.78, 5) is 0. The highest BCUT2D eigenvalue weighted by atomic mass is 19.1. The minimum Gasteiger partial charge on any atom is -0.312 e. The van der Waals surface area contributed by atoms with Crippen LogP contribution in [0.25, 0.3) is 0 Å². The highest BCUT2D eigenvalue weighted by Gasteiger charge is 2.03. The summed E-state index contributed by atoms with van der Waals surface area (Å²) in [7, 11) is 0. The molecule has 0 saturated carbocycles. The molecule has 0 unspecified atom stereocenters. The van der Waals surface area contributed by atoms with Gasteiger partial charge >= 0.3 is 0 Å². The van der Waals surface area contributed by atoms with Gasteiger partial charge in [-0.25, -0.2) is 4.39 Å². The van der Waals surface area contributed by atoms with Gasteiger partial charge in [-0.2, -0.15) is 0 Å². The topological polar surface area (TPSA) is 12.0 Å². The van der Waals surface area contributed by atoms with Crippen molar-refractivity contribution in [3.63, 3.8) is 0 Å². The Morgan fingerprint density at radius 1 is 0.947 bits per heavy atom. The summed E-state index contributed by atoms with van der Waals surface area (Å²) in [6.07, 6.45) is 1.01. The first kappa shape index (κ1) is 13.8. The Labute approximate surface area is 114 Å². The maximum absolute atomic E-state index is 13.5. The van der Waals surface area contributed by atoms with E-state index in [2.05, 4.69) is 29.6 Å². The van der Waals surface area contributed by atoms with E-state index in [1.807, 2.05) is 32.0 Å². The lowest BCUT2D eigenvalue weighted by Crippen LogP contribution is -2.17. The number of hydrogen-bond donors (Lipinski definition) is 1. The van der Waals surface area contributed by atoms with Gasteiger partial charge in [0.05, 0.1) is 0 Å². The van der Waals surface area contributed by atoms with E-state index in [0.29, 0.717) is 0 Å². The lowest BCUT2D eigenvalue weighted by molar-refractivity contribution is 0.606. The van der Waals surface area contributed by atoms with Crippen LogP contribution in [0.3, 0.4) is 0 Å². The molecule has 0 bridgehead atoms. The van der Waals surface area contributed by atoms with Crippen molar-refractivity contribution in [3.8, 4) is 0 Å². The zero-order valence-electron chi connectivity index (χ0n) is 11.5. The lowest BCUT2D eigenvalue weighted by atomic mass is 10.1. The summed E-state index contributed by atoms with van der Waals surface area (Å²) in [6, 6.07) is 14.2. The van der Waals surface area contributed by atoms with Crippen LogP contribution in [-0.4, -0.2) is 6.54 Å². The van der Waals surface area contributed by atoms with Gasteiger partial charge < -0.3 is 5.32 Å². The normalized spacial score (nSPS) is 10.7. The molecule has 2 aromatic carbocycles. The first-order valence-corrected chi connectivity index (χ1v) is 6.67. The van der Waals surface area contributed by atoms with Crippen molar-refractivity contribution >= 4 is 0 Å². The van der Waals surface area contributed by atoms with Crippen LogP contribution < -0.4 is 5.32 Å². The van der Waals surface area contributed by atoms with Crippen molar-refractivity contribution in [3.05, 3.63) is 70.5 Å². The zero-order chi connectivity index (χ0) is 13.7. The molecule has 19 heavy (non-hydrogen) atoms. The molecule has 0 fully saturated rings. The summed E-state index contributed by atoms with van der Waals surface area (Å²) < 4.78 is 13.5. The lowest BCUT2D eigenvalue weighted by Gasteiger charge is -2.08. The number of halogens is 1. The molecule has 0 radical (unpaired) electrons. The van der Waals surface area contributed by atoms with E-state index in [1.165, 1.54) is 5.56 Å². The summed E-state index contributed by atoms with van der Waals surface area (Å²) >= 11 is 0. The predicted molar refractivity (Wildman–Crippen MR) is 77.7 cm³/mol. The van der Waals surface area contributed by atoms with Crippen molar-refractivity contribution < 1.29 is 4.39 Å². The molecule has 0 aliphatic heterocycles. The standard InChI is InChI=1S/C17H20FN/c1-13-10-16(11-14(2)17(13)18)12-19-9-8-15-6-4-3-5-7-15/h3-7,10-11,19H,8-9,12H2,1-2H3. The fourth-order valence-corrected chi connectivity index (χ4v) is 2.25. The third-order valence-electron chi connectivity index (χ3n) is 3.26. The summed E-state index contributed by atoms with van der Waals surface area (Å²) in [5.41, 5.74) is 3.92. The second-order valence-corrected chi connectivity index (χ2v) is 4.96. The molecule has 0 aliphatic carbocycles. The molecule has 100 valence electrons. The average molecular weight is 257 g/mol. The van der Waals surface area contributed by atoms with Crippen LogP contribution in [0.4, 0.5) is 4.39 Å². The van der Waals surface area contributed by atoms with E-state index in [0.717, 1.165) is 36.2 Å². The molecule has 0 spiro atoms. The Balaban J connectivity index is 1.83. The van der Waals surface area contributed by atoms with E-state index in [-0.39, 0.29) is 5.82 Å². The van der Waals surface area contributed by atoms with Crippen molar-refractivity contribution in [2.24, 2.45) is 0 Å². The second-order valence-electron chi connectivity index (χ2n) is 4.96. The fourth-order valence-electron chi connectivity index (χ4n) is 2.25. The number of benzene rings is 2. The van der Waals surface area contributed by atoms with Crippen LogP contribution in [0.2, 0.25) is 0 Å². The Kier molecular flexibility index (Phi) is 4.69. The van der Waals surface area contributed by atoms with Crippen molar-refractivity contribution in [2.75, 3.05) is 6.54 Å². The highest BCUT2D eigenvalue weighted by Crippen LogP contribution is 2.14. The van der Waals surface area contributed by atoms with Crippen LogP contribution in [-0.2, 0) is 13.0 Å². The Hall–Kier alpha value is -1.67. The van der Waals surface area contributed by atoms with Crippen molar-refractivity contribution in [1.82, 2.24) is 5.32 Å². The molecular weight excluding hydrogens is 237 g/mol. The van der Waals surface area contributed by atoms with E-state index >= 15 is 0 Å². The van der Waals surface area contributed by atoms with Crippen LogP contribution >= 0.6 is 0 Å². The van der Waals surface area contributed by atoms with Gasteiger partial charge in [0.1, 0.15) is 5.82 Å². The summed E-state index contributed by atoms with van der Waals surface area (Å²) in [5, 5.41) is 3.40. The Bertz CT molecular complexity index is 511. The first-order valence-electron chi connectivity index (χ1n) is 6.67. The minimum atomic E-state index is -0.0898. The van der Waals surface area contributed by atoms with E-state index in [9.17, 15) is 4.39 Å². The molecule has 2 rings (SSSR count). The summed E-state index contributed by atoms with van der Waals surface area (Å²) in [5.74, 6) is -0.0898. The maximum Gasteiger partial charge on any atom is 0.129 e. The maximum atomic E-state index is 13.5. The van der Waals surface area contributed by atoms with E-state index < -0.39 is 0 Å². The number of hydrogen-bond acceptors (Lipinski definition) is 1. The molecule has 0 aliphatic rings. The molecule has 1 nitrogen and oxygen atoms in total. The predicted octanol–water partition coefficient (Wildman–Crippen LogP) is 3.77. The van der Waals surface area contributed by atoms with E-state index in [4.69, 9.17) is 0 Å². The average Bonchev–Trinajstić information content (AvgIpc) is 2.42. The highest BCUT2D eigenvalue weighted by molar-refractivity contribution is 5.30. The Morgan fingerprint density at radius 2 is 1.58 bits per heavy atom. The van der Waals surface area contributed by atoms with Crippen LogP contribution in [0.15, 0.2) is 42.5 Å². The fraction of sp³-hybridized carbons (Fsp3) is 0.294. The molecule has 0 heterocycles. The monoisotopic (exact) mass is 257 g/mol. The van der Waals surface area contributed by atoms with Crippen molar-refractivity contribution in [1.29, 1.82) is 0 Å². The van der Waals surface area contributed by atoms with Crippen LogP contribution in [0.1, 0.15) is 22.3 Å². The smallest absolute Gasteiger partial charge is 0.129 e. The van der Waals surface area contributed by atoms with Crippen LogP contribution in [0, 0.1) is 19.7 Å². The second kappa shape index (κ2) is 6.48. The van der Waals surface area contributed by atoms with Gasteiger partial charge in [0.2, 0.25) is 0 Å². The van der Waals surface area contributed by atoms with Gasteiger partial charge in [0.15, 0.2) is 0 Å². The molecule has 0 amide bonds.